The number of halogens is 1. The zero-order valence-corrected chi connectivity index (χ0v) is 12.0. The number of nitrogens with one attached hydrogen (secondary N) is 1. The second kappa shape index (κ2) is 8.43. The zero-order chi connectivity index (χ0) is 15.0. The van der Waals surface area contributed by atoms with Crippen molar-refractivity contribution in [1.82, 2.24) is 5.32 Å². The number of carboxylic acids is 1. The van der Waals surface area contributed by atoms with Crippen LogP contribution >= 0.6 is 11.6 Å². The number of hydrogen-bond donors (Lipinski definition) is 2. The van der Waals surface area contributed by atoms with Gasteiger partial charge in [-0.05, 0) is 18.6 Å². The van der Waals surface area contributed by atoms with E-state index in [1.165, 1.54) is 0 Å². The van der Waals surface area contributed by atoms with Crippen LogP contribution < -0.4 is 10.1 Å². The molecular formula is C14H18ClNO4. The Morgan fingerprint density at radius 1 is 1.40 bits per heavy atom. The Balaban J connectivity index is 2.46. The lowest BCUT2D eigenvalue weighted by molar-refractivity contribution is -0.142. The Bertz CT molecular complexity index is 464. The number of carboxylic acid groups (broad SMARTS) is 1. The maximum absolute atomic E-state index is 11.7. The van der Waals surface area contributed by atoms with E-state index in [1.807, 2.05) is 6.92 Å². The topological polar surface area (TPSA) is 75.6 Å². The highest BCUT2D eigenvalue weighted by Crippen LogP contribution is 2.22. The van der Waals surface area contributed by atoms with Crippen LogP contribution in [0.5, 0.6) is 5.75 Å². The molecule has 1 amide bonds. The van der Waals surface area contributed by atoms with Crippen molar-refractivity contribution in [3.05, 3.63) is 29.3 Å². The van der Waals surface area contributed by atoms with Crippen molar-refractivity contribution >= 4 is 23.5 Å². The molecule has 0 saturated heterocycles. The van der Waals surface area contributed by atoms with Gasteiger partial charge in [0.05, 0.1) is 5.02 Å². The summed E-state index contributed by atoms with van der Waals surface area (Å²) in [6.45, 7) is 1.70. The highest BCUT2D eigenvalue weighted by atomic mass is 35.5. The van der Waals surface area contributed by atoms with Crippen LogP contribution in [0, 0.1) is 0 Å². The van der Waals surface area contributed by atoms with E-state index >= 15 is 0 Å². The molecule has 0 aliphatic carbocycles. The Kier molecular flexibility index (Phi) is 6.87. The van der Waals surface area contributed by atoms with Crippen LogP contribution in [0.25, 0.3) is 0 Å². The van der Waals surface area contributed by atoms with E-state index in [1.54, 1.807) is 24.3 Å². The molecule has 2 N–H and O–H groups in total. The summed E-state index contributed by atoms with van der Waals surface area (Å²) in [5.41, 5.74) is 0. The molecule has 110 valence electrons. The van der Waals surface area contributed by atoms with Gasteiger partial charge in [-0.25, -0.2) is 4.79 Å². The third-order valence-corrected chi connectivity index (χ3v) is 2.99. The molecule has 0 aliphatic rings. The van der Waals surface area contributed by atoms with Gasteiger partial charge in [-0.15, -0.1) is 0 Å². The van der Waals surface area contributed by atoms with E-state index in [2.05, 4.69) is 5.32 Å². The predicted molar refractivity (Wildman–Crippen MR) is 76.0 cm³/mol. The van der Waals surface area contributed by atoms with Crippen molar-refractivity contribution in [2.75, 3.05) is 6.61 Å². The summed E-state index contributed by atoms with van der Waals surface area (Å²) in [5.74, 6) is -1.12. The lowest BCUT2D eigenvalue weighted by Gasteiger charge is -2.14. The summed E-state index contributed by atoms with van der Waals surface area (Å²) >= 11 is 5.88. The fraction of sp³-hybridized carbons (Fsp3) is 0.429. The van der Waals surface area contributed by atoms with Crippen molar-refractivity contribution in [3.63, 3.8) is 0 Å². The van der Waals surface area contributed by atoms with Gasteiger partial charge >= 0.3 is 5.97 Å². The number of carbonyl (C=O) groups is 2. The third-order valence-electron chi connectivity index (χ3n) is 2.68. The van der Waals surface area contributed by atoms with Gasteiger partial charge < -0.3 is 15.2 Å². The minimum Gasteiger partial charge on any atom is -0.482 e. The highest BCUT2D eigenvalue weighted by Gasteiger charge is 2.19. The van der Waals surface area contributed by atoms with Crippen LogP contribution in [-0.4, -0.2) is 29.6 Å². The molecule has 0 spiro atoms. The summed E-state index contributed by atoms with van der Waals surface area (Å²) in [5, 5.41) is 11.8. The number of rotatable bonds is 8. The first kappa shape index (κ1) is 16.3. The predicted octanol–water partition coefficient (Wildman–Crippen LogP) is 2.48. The number of ether oxygens (including phenoxy) is 1. The van der Waals surface area contributed by atoms with Crippen LogP contribution in [0.2, 0.25) is 5.02 Å². The van der Waals surface area contributed by atoms with Crippen LogP contribution in [0.15, 0.2) is 24.3 Å². The van der Waals surface area contributed by atoms with E-state index < -0.39 is 17.9 Å². The van der Waals surface area contributed by atoms with Gasteiger partial charge in [0.1, 0.15) is 11.8 Å². The first-order valence-electron chi connectivity index (χ1n) is 6.44. The van der Waals surface area contributed by atoms with E-state index in [9.17, 15) is 9.59 Å². The van der Waals surface area contributed by atoms with Crippen molar-refractivity contribution < 1.29 is 19.4 Å². The van der Waals surface area contributed by atoms with Crippen LogP contribution in [0.1, 0.15) is 26.2 Å². The fourth-order valence-electron chi connectivity index (χ4n) is 1.61. The third kappa shape index (κ3) is 5.48. The molecule has 0 aliphatic heterocycles. The Morgan fingerprint density at radius 3 is 2.70 bits per heavy atom. The fourth-order valence-corrected chi connectivity index (χ4v) is 1.80. The maximum atomic E-state index is 11.7. The Labute approximate surface area is 122 Å². The first-order valence-corrected chi connectivity index (χ1v) is 6.82. The van der Waals surface area contributed by atoms with Gasteiger partial charge in [0.15, 0.2) is 6.61 Å². The average Bonchev–Trinajstić information content (AvgIpc) is 2.42. The van der Waals surface area contributed by atoms with Crippen LogP contribution in [-0.2, 0) is 9.59 Å². The second-order valence-electron chi connectivity index (χ2n) is 4.32. The van der Waals surface area contributed by atoms with Crippen LogP contribution in [0.4, 0.5) is 0 Å². The summed E-state index contributed by atoms with van der Waals surface area (Å²) in [4.78, 5) is 22.7. The number of benzene rings is 1. The number of para-hydroxylation sites is 1. The number of unbranched alkanes of at least 4 members (excludes halogenated alkanes) is 1. The number of hydrogen-bond acceptors (Lipinski definition) is 3. The van der Waals surface area contributed by atoms with Crippen molar-refractivity contribution in [2.45, 2.75) is 32.2 Å². The molecule has 0 heterocycles. The number of carbonyl (C=O) groups excluding carboxylic acids is 1. The Hall–Kier alpha value is -1.75. The van der Waals surface area contributed by atoms with Gasteiger partial charge in [0.25, 0.3) is 5.91 Å². The van der Waals surface area contributed by atoms with E-state index in [0.29, 0.717) is 17.2 Å². The average molecular weight is 300 g/mol. The minimum absolute atomic E-state index is 0.264. The van der Waals surface area contributed by atoms with Gasteiger partial charge in [-0.1, -0.05) is 43.5 Å². The standard InChI is InChI=1S/C14H18ClNO4/c1-2-3-7-11(14(18)19)16-13(17)9-20-12-8-5-4-6-10(12)15/h4-6,8,11H,2-3,7,9H2,1H3,(H,16,17)(H,18,19). The van der Waals surface area contributed by atoms with Gasteiger partial charge in [-0.3, -0.25) is 4.79 Å². The van der Waals surface area contributed by atoms with E-state index in [-0.39, 0.29) is 6.61 Å². The van der Waals surface area contributed by atoms with Crippen molar-refractivity contribution in [1.29, 1.82) is 0 Å². The molecule has 0 bridgehead atoms. The second-order valence-corrected chi connectivity index (χ2v) is 4.73. The smallest absolute Gasteiger partial charge is 0.326 e. The summed E-state index contributed by atoms with van der Waals surface area (Å²) < 4.78 is 5.25. The zero-order valence-electron chi connectivity index (χ0n) is 11.3. The number of aliphatic carboxylic acids is 1. The number of amides is 1. The maximum Gasteiger partial charge on any atom is 0.326 e. The molecule has 1 atom stereocenters. The van der Waals surface area contributed by atoms with E-state index in [4.69, 9.17) is 21.4 Å². The summed E-state index contributed by atoms with van der Waals surface area (Å²) in [7, 11) is 0. The largest absolute Gasteiger partial charge is 0.482 e. The molecule has 0 saturated carbocycles. The molecular weight excluding hydrogens is 282 g/mol. The molecule has 20 heavy (non-hydrogen) atoms. The molecule has 6 heteroatoms. The SMILES string of the molecule is CCCCC(NC(=O)COc1ccccc1Cl)C(=O)O. The Morgan fingerprint density at radius 2 is 2.10 bits per heavy atom. The lowest BCUT2D eigenvalue weighted by atomic mass is 10.1. The molecule has 1 aromatic carbocycles. The molecule has 1 unspecified atom stereocenters. The van der Waals surface area contributed by atoms with Gasteiger partial charge in [0, 0.05) is 0 Å². The lowest BCUT2D eigenvalue weighted by Crippen LogP contribution is -2.42. The monoisotopic (exact) mass is 299 g/mol. The van der Waals surface area contributed by atoms with E-state index in [0.717, 1.165) is 12.8 Å². The normalized spacial score (nSPS) is 11.7. The summed E-state index contributed by atoms with van der Waals surface area (Å²) in [6, 6.07) is 5.90. The molecule has 0 aromatic heterocycles. The quantitative estimate of drug-likeness (QED) is 0.773. The molecule has 0 radical (unpaired) electrons. The van der Waals surface area contributed by atoms with Gasteiger partial charge in [0.2, 0.25) is 0 Å². The van der Waals surface area contributed by atoms with Crippen LogP contribution in [0.3, 0.4) is 0 Å². The summed E-state index contributed by atoms with van der Waals surface area (Å²) in [6.07, 6.45) is 2.02. The van der Waals surface area contributed by atoms with Crippen molar-refractivity contribution in [3.8, 4) is 5.75 Å². The first-order chi connectivity index (χ1) is 9.54. The molecule has 1 rings (SSSR count). The minimum atomic E-state index is -1.04. The van der Waals surface area contributed by atoms with Gasteiger partial charge in [-0.2, -0.15) is 0 Å². The van der Waals surface area contributed by atoms with Crippen molar-refractivity contribution in [2.24, 2.45) is 0 Å². The molecule has 1 aromatic rings. The molecule has 5 nitrogen and oxygen atoms in total. The highest BCUT2D eigenvalue weighted by molar-refractivity contribution is 6.32. The molecule has 0 fully saturated rings.